The van der Waals surface area contributed by atoms with Gasteiger partial charge in [-0.2, -0.15) is 0 Å². The summed E-state index contributed by atoms with van der Waals surface area (Å²) in [4.78, 5) is 23.5. The number of rotatable bonds is 9. The van der Waals surface area contributed by atoms with Crippen LogP contribution in [0.5, 0.6) is 5.75 Å². The van der Waals surface area contributed by atoms with E-state index in [1.807, 2.05) is 6.92 Å². The molecule has 0 bridgehead atoms. The average molecular weight is 309 g/mol. The molecule has 1 rings (SSSR count). The van der Waals surface area contributed by atoms with Gasteiger partial charge in [-0.25, -0.2) is 4.79 Å². The number of aliphatic carboxylic acids is 1. The number of hydrogen-bond acceptors (Lipinski definition) is 4. The summed E-state index contributed by atoms with van der Waals surface area (Å²) in [6.07, 6.45) is 2.12. The van der Waals surface area contributed by atoms with Gasteiger partial charge in [-0.15, -0.1) is 0 Å². The van der Waals surface area contributed by atoms with Crippen LogP contribution in [0.3, 0.4) is 0 Å². The lowest BCUT2D eigenvalue weighted by Crippen LogP contribution is -2.43. The van der Waals surface area contributed by atoms with E-state index in [1.54, 1.807) is 12.1 Å². The van der Waals surface area contributed by atoms with Gasteiger partial charge < -0.3 is 20.3 Å². The molecule has 0 aliphatic heterocycles. The molecule has 0 aliphatic rings. The van der Waals surface area contributed by atoms with Crippen LogP contribution in [0.1, 0.15) is 44.3 Å². The van der Waals surface area contributed by atoms with Crippen LogP contribution in [-0.2, 0) is 14.3 Å². The van der Waals surface area contributed by atoms with Gasteiger partial charge in [0.2, 0.25) is 0 Å². The van der Waals surface area contributed by atoms with Crippen molar-refractivity contribution in [3.63, 3.8) is 0 Å². The third-order valence-electron chi connectivity index (χ3n) is 3.38. The highest BCUT2D eigenvalue weighted by molar-refractivity contribution is 5.87. The minimum atomic E-state index is -1.05. The van der Waals surface area contributed by atoms with E-state index >= 15 is 0 Å². The summed E-state index contributed by atoms with van der Waals surface area (Å²) >= 11 is 0. The molecule has 0 spiro atoms. The fourth-order valence-electron chi connectivity index (χ4n) is 2.15. The lowest BCUT2D eigenvalue weighted by Gasteiger charge is -2.19. The standard InChI is InChI=1S/C16H23NO5/c1-3-4-5-6-13(16(20)21)17-15(19)14(22-2)11-7-9-12(18)10-8-11/h7-10,13-14,18H,3-6H2,1-2H3,(H,17,19)(H,20,21). The summed E-state index contributed by atoms with van der Waals surface area (Å²) in [6.45, 7) is 2.03. The average Bonchev–Trinajstić information content (AvgIpc) is 2.49. The zero-order chi connectivity index (χ0) is 16.5. The van der Waals surface area contributed by atoms with Crippen molar-refractivity contribution in [2.45, 2.75) is 44.8 Å². The van der Waals surface area contributed by atoms with Gasteiger partial charge in [0.05, 0.1) is 0 Å². The van der Waals surface area contributed by atoms with Crippen molar-refractivity contribution in [3.05, 3.63) is 29.8 Å². The largest absolute Gasteiger partial charge is 0.508 e. The van der Waals surface area contributed by atoms with Gasteiger partial charge in [-0.3, -0.25) is 4.79 Å². The number of carboxylic acid groups (broad SMARTS) is 1. The van der Waals surface area contributed by atoms with E-state index in [-0.39, 0.29) is 5.75 Å². The van der Waals surface area contributed by atoms with E-state index < -0.39 is 24.0 Å². The maximum Gasteiger partial charge on any atom is 0.326 e. The molecule has 2 atom stereocenters. The second kappa shape index (κ2) is 9.04. The zero-order valence-corrected chi connectivity index (χ0v) is 12.9. The molecule has 2 unspecified atom stereocenters. The van der Waals surface area contributed by atoms with Gasteiger partial charge in [-0.1, -0.05) is 38.3 Å². The summed E-state index contributed by atoms with van der Waals surface area (Å²) in [5, 5.41) is 21.0. The summed E-state index contributed by atoms with van der Waals surface area (Å²) in [5.74, 6) is -1.47. The smallest absolute Gasteiger partial charge is 0.326 e. The minimum Gasteiger partial charge on any atom is -0.508 e. The van der Waals surface area contributed by atoms with E-state index in [1.165, 1.54) is 19.2 Å². The van der Waals surface area contributed by atoms with Crippen LogP contribution in [0, 0.1) is 0 Å². The topological polar surface area (TPSA) is 95.9 Å². The number of carboxylic acids is 1. The van der Waals surface area contributed by atoms with Gasteiger partial charge in [0, 0.05) is 7.11 Å². The summed E-state index contributed by atoms with van der Waals surface area (Å²) in [6, 6.07) is 5.11. The summed E-state index contributed by atoms with van der Waals surface area (Å²) in [7, 11) is 1.38. The van der Waals surface area contributed by atoms with E-state index in [0.29, 0.717) is 12.0 Å². The Labute approximate surface area is 130 Å². The van der Waals surface area contributed by atoms with Gasteiger partial charge in [-0.05, 0) is 24.1 Å². The quantitative estimate of drug-likeness (QED) is 0.608. The molecule has 1 aromatic carbocycles. The predicted octanol–water partition coefficient (Wildman–Crippen LogP) is 2.23. The van der Waals surface area contributed by atoms with E-state index in [2.05, 4.69) is 5.32 Å². The van der Waals surface area contributed by atoms with Crippen molar-refractivity contribution in [1.82, 2.24) is 5.32 Å². The van der Waals surface area contributed by atoms with Crippen molar-refractivity contribution in [1.29, 1.82) is 0 Å². The van der Waals surface area contributed by atoms with Gasteiger partial charge in [0.25, 0.3) is 5.91 Å². The van der Waals surface area contributed by atoms with Crippen LogP contribution in [0.2, 0.25) is 0 Å². The first kappa shape index (κ1) is 18.0. The fraction of sp³-hybridized carbons (Fsp3) is 0.500. The number of aromatic hydroxyl groups is 1. The maximum absolute atomic E-state index is 12.2. The third-order valence-corrected chi connectivity index (χ3v) is 3.38. The predicted molar refractivity (Wildman–Crippen MR) is 81.6 cm³/mol. The highest BCUT2D eigenvalue weighted by Gasteiger charge is 2.26. The highest BCUT2D eigenvalue weighted by atomic mass is 16.5. The summed E-state index contributed by atoms with van der Waals surface area (Å²) in [5.41, 5.74) is 0.551. The number of amides is 1. The van der Waals surface area contributed by atoms with Crippen LogP contribution in [0.4, 0.5) is 0 Å². The van der Waals surface area contributed by atoms with Crippen molar-refractivity contribution >= 4 is 11.9 Å². The SMILES string of the molecule is CCCCCC(NC(=O)C(OC)c1ccc(O)cc1)C(=O)O. The van der Waals surface area contributed by atoms with Crippen LogP contribution < -0.4 is 5.32 Å². The molecule has 22 heavy (non-hydrogen) atoms. The zero-order valence-electron chi connectivity index (χ0n) is 12.9. The number of phenols is 1. The van der Waals surface area contributed by atoms with Crippen molar-refractivity contribution < 1.29 is 24.5 Å². The first-order chi connectivity index (χ1) is 10.5. The molecule has 0 heterocycles. The fourth-order valence-corrected chi connectivity index (χ4v) is 2.15. The van der Waals surface area contributed by atoms with E-state index in [4.69, 9.17) is 4.74 Å². The number of nitrogens with one attached hydrogen (secondary N) is 1. The van der Waals surface area contributed by atoms with Crippen molar-refractivity contribution in [3.8, 4) is 5.75 Å². The second-order valence-electron chi connectivity index (χ2n) is 5.10. The first-order valence-electron chi connectivity index (χ1n) is 7.34. The molecular formula is C16H23NO5. The molecule has 1 amide bonds. The Morgan fingerprint density at radius 3 is 2.36 bits per heavy atom. The Morgan fingerprint density at radius 2 is 1.86 bits per heavy atom. The lowest BCUT2D eigenvalue weighted by molar-refractivity contribution is -0.144. The number of benzene rings is 1. The van der Waals surface area contributed by atoms with Crippen LogP contribution >= 0.6 is 0 Å². The second-order valence-corrected chi connectivity index (χ2v) is 5.10. The molecule has 1 aromatic rings. The first-order valence-corrected chi connectivity index (χ1v) is 7.34. The number of carbonyl (C=O) groups excluding carboxylic acids is 1. The number of phenolic OH excluding ortho intramolecular Hbond substituents is 1. The molecule has 3 N–H and O–H groups in total. The van der Waals surface area contributed by atoms with Crippen LogP contribution in [-0.4, -0.2) is 35.2 Å². The van der Waals surface area contributed by atoms with Crippen LogP contribution in [0.15, 0.2) is 24.3 Å². The normalized spacial score (nSPS) is 13.4. The molecule has 6 heteroatoms. The van der Waals surface area contributed by atoms with Crippen molar-refractivity contribution in [2.75, 3.05) is 7.11 Å². The molecular weight excluding hydrogens is 286 g/mol. The Balaban J connectivity index is 2.73. The summed E-state index contributed by atoms with van der Waals surface area (Å²) < 4.78 is 5.16. The Bertz CT molecular complexity index is 486. The monoisotopic (exact) mass is 309 g/mol. The number of methoxy groups -OCH3 is 1. The maximum atomic E-state index is 12.2. The number of unbranched alkanes of at least 4 members (excludes halogenated alkanes) is 2. The molecule has 0 saturated heterocycles. The molecule has 0 radical (unpaired) electrons. The molecule has 0 saturated carbocycles. The molecule has 0 aromatic heterocycles. The Hall–Kier alpha value is -2.08. The highest BCUT2D eigenvalue weighted by Crippen LogP contribution is 2.20. The van der Waals surface area contributed by atoms with Crippen LogP contribution in [0.25, 0.3) is 0 Å². The molecule has 0 aliphatic carbocycles. The van der Waals surface area contributed by atoms with E-state index in [0.717, 1.165) is 19.3 Å². The van der Waals surface area contributed by atoms with E-state index in [9.17, 15) is 19.8 Å². The Kier molecular flexibility index (Phi) is 7.39. The van der Waals surface area contributed by atoms with Gasteiger partial charge in [0.1, 0.15) is 11.8 Å². The molecule has 0 fully saturated rings. The number of carbonyl (C=O) groups is 2. The van der Waals surface area contributed by atoms with Gasteiger partial charge in [0.15, 0.2) is 6.10 Å². The lowest BCUT2D eigenvalue weighted by atomic mass is 10.1. The van der Waals surface area contributed by atoms with Crippen molar-refractivity contribution in [2.24, 2.45) is 0 Å². The number of hydrogen-bond donors (Lipinski definition) is 3. The van der Waals surface area contributed by atoms with Gasteiger partial charge >= 0.3 is 5.97 Å². The Morgan fingerprint density at radius 1 is 1.23 bits per heavy atom. The minimum absolute atomic E-state index is 0.0852. The number of ether oxygens (including phenoxy) is 1. The third kappa shape index (κ3) is 5.37. The molecule has 122 valence electrons. The molecule has 6 nitrogen and oxygen atoms in total.